The topological polar surface area (TPSA) is 64.3 Å². The van der Waals surface area contributed by atoms with E-state index in [9.17, 15) is 4.79 Å². The van der Waals surface area contributed by atoms with E-state index in [0.29, 0.717) is 16.3 Å². The Balaban J connectivity index is 2.10. The van der Waals surface area contributed by atoms with Crippen LogP contribution in [0.25, 0.3) is 0 Å². The quantitative estimate of drug-likeness (QED) is 0.851. The number of ether oxygens (including phenoxy) is 1. The van der Waals surface area contributed by atoms with Crippen LogP contribution >= 0.6 is 11.6 Å². The standard InChI is InChI=1S/C16H17ClN2O2/c1-10(11-3-5-15(21-2)6-4-11)19-16(20)12-7-13(17)9-14(18)8-12/h3-10H,18H2,1-2H3,(H,19,20)/t10-/m1/s1. The maximum atomic E-state index is 12.2. The largest absolute Gasteiger partial charge is 0.497 e. The van der Waals surface area contributed by atoms with E-state index in [2.05, 4.69) is 5.32 Å². The Morgan fingerprint density at radius 3 is 2.48 bits per heavy atom. The van der Waals surface area contributed by atoms with Gasteiger partial charge in [0.15, 0.2) is 0 Å². The highest BCUT2D eigenvalue weighted by Crippen LogP contribution is 2.20. The smallest absolute Gasteiger partial charge is 0.251 e. The van der Waals surface area contributed by atoms with E-state index >= 15 is 0 Å². The van der Waals surface area contributed by atoms with Crippen LogP contribution in [0, 0.1) is 0 Å². The first-order valence-corrected chi connectivity index (χ1v) is 6.88. The summed E-state index contributed by atoms with van der Waals surface area (Å²) in [6.07, 6.45) is 0. The molecular weight excluding hydrogens is 288 g/mol. The number of benzene rings is 2. The van der Waals surface area contributed by atoms with Gasteiger partial charge >= 0.3 is 0 Å². The molecule has 0 heterocycles. The zero-order valence-electron chi connectivity index (χ0n) is 11.9. The van der Waals surface area contributed by atoms with E-state index in [1.165, 1.54) is 0 Å². The number of nitrogens with one attached hydrogen (secondary N) is 1. The maximum Gasteiger partial charge on any atom is 0.251 e. The van der Waals surface area contributed by atoms with Gasteiger partial charge in [-0.2, -0.15) is 0 Å². The minimum Gasteiger partial charge on any atom is -0.497 e. The summed E-state index contributed by atoms with van der Waals surface area (Å²) < 4.78 is 5.11. The number of carbonyl (C=O) groups excluding carboxylic acids is 1. The predicted molar refractivity (Wildman–Crippen MR) is 84.7 cm³/mol. The summed E-state index contributed by atoms with van der Waals surface area (Å²) in [5.41, 5.74) is 7.59. The van der Waals surface area contributed by atoms with Gasteiger partial charge in [0.2, 0.25) is 0 Å². The summed E-state index contributed by atoms with van der Waals surface area (Å²) >= 11 is 5.91. The summed E-state index contributed by atoms with van der Waals surface area (Å²) in [4.78, 5) is 12.2. The molecule has 0 radical (unpaired) electrons. The number of anilines is 1. The third kappa shape index (κ3) is 3.89. The zero-order valence-corrected chi connectivity index (χ0v) is 12.6. The SMILES string of the molecule is COc1ccc([C@@H](C)NC(=O)c2cc(N)cc(Cl)c2)cc1. The molecule has 2 aromatic carbocycles. The van der Waals surface area contributed by atoms with Gasteiger partial charge in [-0.05, 0) is 42.8 Å². The van der Waals surface area contributed by atoms with Crippen LogP contribution < -0.4 is 15.8 Å². The fourth-order valence-electron chi connectivity index (χ4n) is 2.00. The second-order valence-corrected chi connectivity index (χ2v) is 5.18. The third-order valence-electron chi connectivity index (χ3n) is 3.15. The van der Waals surface area contributed by atoms with Crippen LogP contribution in [0.15, 0.2) is 42.5 Å². The summed E-state index contributed by atoms with van der Waals surface area (Å²) in [6, 6.07) is 12.2. The average Bonchev–Trinajstić information content (AvgIpc) is 2.46. The molecule has 2 rings (SSSR count). The van der Waals surface area contributed by atoms with E-state index < -0.39 is 0 Å². The first-order chi connectivity index (χ1) is 9.99. The Labute approximate surface area is 128 Å². The monoisotopic (exact) mass is 304 g/mol. The number of hydrogen-bond acceptors (Lipinski definition) is 3. The fourth-order valence-corrected chi connectivity index (χ4v) is 2.24. The molecule has 5 heteroatoms. The number of nitrogens with two attached hydrogens (primary N) is 1. The summed E-state index contributed by atoms with van der Waals surface area (Å²) in [6.45, 7) is 1.91. The predicted octanol–water partition coefficient (Wildman–Crippen LogP) is 3.42. The molecule has 0 aliphatic carbocycles. The first kappa shape index (κ1) is 15.2. The lowest BCUT2D eigenvalue weighted by Crippen LogP contribution is -2.26. The van der Waals surface area contributed by atoms with Crippen LogP contribution in [0.1, 0.15) is 28.9 Å². The number of hydrogen-bond donors (Lipinski definition) is 2. The molecule has 0 saturated carbocycles. The lowest BCUT2D eigenvalue weighted by Gasteiger charge is -2.15. The molecular formula is C16H17ClN2O2. The molecule has 0 fully saturated rings. The van der Waals surface area contributed by atoms with Crippen LogP contribution in [-0.2, 0) is 0 Å². The lowest BCUT2D eigenvalue weighted by atomic mass is 10.1. The number of methoxy groups -OCH3 is 1. The van der Waals surface area contributed by atoms with Crippen molar-refractivity contribution in [3.05, 3.63) is 58.6 Å². The van der Waals surface area contributed by atoms with E-state index in [1.54, 1.807) is 25.3 Å². The van der Waals surface area contributed by atoms with Gasteiger partial charge in [0, 0.05) is 16.3 Å². The number of halogens is 1. The van der Waals surface area contributed by atoms with Gasteiger partial charge in [-0.25, -0.2) is 0 Å². The molecule has 0 spiro atoms. The molecule has 0 unspecified atom stereocenters. The van der Waals surface area contributed by atoms with Gasteiger partial charge < -0.3 is 15.8 Å². The minimum absolute atomic E-state index is 0.136. The summed E-state index contributed by atoms with van der Waals surface area (Å²) in [7, 11) is 1.61. The average molecular weight is 305 g/mol. The highest BCUT2D eigenvalue weighted by molar-refractivity contribution is 6.31. The third-order valence-corrected chi connectivity index (χ3v) is 3.36. The van der Waals surface area contributed by atoms with Gasteiger partial charge in [0.1, 0.15) is 5.75 Å². The van der Waals surface area contributed by atoms with Crippen LogP contribution in [0.2, 0.25) is 5.02 Å². The van der Waals surface area contributed by atoms with Gasteiger partial charge in [-0.15, -0.1) is 0 Å². The lowest BCUT2D eigenvalue weighted by molar-refractivity contribution is 0.0940. The van der Waals surface area contributed by atoms with Gasteiger partial charge in [-0.1, -0.05) is 23.7 Å². The van der Waals surface area contributed by atoms with Crippen LogP contribution in [0.3, 0.4) is 0 Å². The van der Waals surface area contributed by atoms with Crippen molar-refractivity contribution in [1.29, 1.82) is 0 Å². The molecule has 110 valence electrons. The van der Waals surface area contributed by atoms with Gasteiger partial charge in [-0.3, -0.25) is 4.79 Å². The van der Waals surface area contributed by atoms with Crippen molar-refractivity contribution in [1.82, 2.24) is 5.32 Å². The van der Waals surface area contributed by atoms with E-state index in [1.807, 2.05) is 31.2 Å². The van der Waals surface area contributed by atoms with E-state index in [4.69, 9.17) is 22.1 Å². The Morgan fingerprint density at radius 1 is 1.24 bits per heavy atom. The highest BCUT2D eigenvalue weighted by Gasteiger charge is 2.12. The normalized spacial score (nSPS) is 11.8. The molecule has 4 nitrogen and oxygen atoms in total. The molecule has 0 saturated heterocycles. The van der Waals surface area contributed by atoms with Crippen molar-refractivity contribution in [2.75, 3.05) is 12.8 Å². The summed E-state index contributed by atoms with van der Waals surface area (Å²) in [5.74, 6) is 0.562. The molecule has 1 atom stereocenters. The molecule has 0 bridgehead atoms. The molecule has 0 aromatic heterocycles. The second-order valence-electron chi connectivity index (χ2n) is 4.74. The first-order valence-electron chi connectivity index (χ1n) is 6.50. The van der Waals surface area contributed by atoms with Crippen LogP contribution in [0.5, 0.6) is 5.75 Å². The molecule has 3 N–H and O–H groups in total. The van der Waals surface area contributed by atoms with Crippen molar-refractivity contribution >= 4 is 23.2 Å². The van der Waals surface area contributed by atoms with E-state index in [-0.39, 0.29) is 11.9 Å². The Hall–Kier alpha value is -2.20. The highest BCUT2D eigenvalue weighted by atomic mass is 35.5. The van der Waals surface area contributed by atoms with E-state index in [0.717, 1.165) is 11.3 Å². The van der Waals surface area contributed by atoms with Gasteiger partial charge in [0.25, 0.3) is 5.91 Å². The van der Waals surface area contributed by atoms with Crippen molar-refractivity contribution in [3.63, 3.8) is 0 Å². The molecule has 0 aliphatic heterocycles. The molecule has 1 amide bonds. The molecule has 0 aliphatic rings. The Kier molecular flexibility index (Phi) is 4.70. The van der Waals surface area contributed by atoms with Crippen LogP contribution in [-0.4, -0.2) is 13.0 Å². The van der Waals surface area contributed by atoms with Crippen molar-refractivity contribution in [2.24, 2.45) is 0 Å². The fraction of sp³-hybridized carbons (Fsp3) is 0.188. The van der Waals surface area contributed by atoms with Crippen molar-refractivity contribution < 1.29 is 9.53 Å². The van der Waals surface area contributed by atoms with Crippen LogP contribution in [0.4, 0.5) is 5.69 Å². The number of amides is 1. The molecule has 2 aromatic rings. The number of rotatable bonds is 4. The zero-order chi connectivity index (χ0) is 15.4. The second kappa shape index (κ2) is 6.50. The summed E-state index contributed by atoms with van der Waals surface area (Å²) in [5, 5.41) is 3.35. The number of nitrogen functional groups attached to an aromatic ring is 1. The van der Waals surface area contributed by atoms with Gasteiger partial charge in [0.05, 0.1) is 13.2 Å². The Bertz CT molecular complexity index is 621. The number of carbonyl (C=O) groups is 1. The minimum atomic E-state index is -0.215. The molecule has 21 heavy (non-hydrogen) atoms. The van der Waals surface area contributed by atoms with Crippen molar-refractivity contribution in [3.8, 4) is 5.75 Å². The maximum absolute atomic E-state index is 12.2. The Morgan fingerprint density at radius 2 is 1.90 bits per heavy atom. The van der Waals surface area contributed by atoms with Crippen molar-refractivity contribution in [2.45, 2.75) is 13.0 Å².